The molecule has 6 atom stereocenters. The highest BCUT2D eigenvalue weighted by molar-refractivity contribution is 6.01. The summed E-state index contributed by atoms with van der Waals surface area (Å²) in [5, 5.41) is 0. The van der Waals surface area contributed by atoms with Gasteiger partial charge in [-0.1, -0.05) is 42.5 Å². The molecule has 0 spiro atoms. The maximum atomic E-state index is 12.8. The zero-order chi connectivity index (χ0) is 20.2. The van der Waals surface area contributed by atoms with Crippen molar-refractivity contribution in [1.29, 1.82) is 0 Å². The van der Waals surface area contributed by atoms with E-state index in [2.05, 4.69) is 42.5 Å². The van der Waals surface area contributed by atoms with E-state index in [9.17, 15) is 9.59 Å². The van der Waals surface area contributed by atoms with Crippen molar-refractivity contribution in [2.24, 2.45) is 34.5 Å². The lowest BCUT2D eigenvalue weighted by atomic mass is 9.75. The van der Waals surface area contributed by atoms with E-state index in [1.165, 1.54) is 32.6 Å². The Balaban J connectivity index is 1.52. The molecule has 1 unspecified atom stereocenters. The Hall–Kier alpha value is -2.10. The fraction of sp³-hybridized carbons (Fsp3) is 0.600. The summed E-state index contributed by atoms with van der Waals surface area (Å²) in [5.74, 6) is 2.02. The second kappa shape index (κ2) is 6.72. The molecule has 4 nitrogen and oxygen atoms in total. The van der Waals surface area contributed by atoms with E-state index in [0.717, 1.165) is 24.7 Å². The van der Waals surface area contributed by atoms with Gasteiger partial charge >= 0.3 is 11.9 Å². The molecule has 0 radical (unpaired) electrons. The van der Waals surface area contributed by atoms with Crippen molar-refractivity contribution < 1.29 is 19.1 Å². The fourth-order valence-electron chi connectivity index (χ4n) is 7.46. The molecule has 0 aliphatic heterocycles. The van der Waals surface area contributed by atoms with E-state index >= 15 is 0 Å². The third-order valence-electron chi connectivity index (χ3n) is 8.50. The second-order valence-corrected chi connectivity index (χ2v) is 9.53. The maximum absolute atomic E-state index is 12.8. The highest BCUT2D eigenvalue weighted by atomic mass is 16.5. The molecule has 1 aromatic carbocycles. The van der Waals surface area contributed by atoms with Crippen LogP contribution in [-0.2, 0) is 19.1 Å². The van der Waals surface area contributed by atoms with Crippen molar-refractivity contribution in [3.63, 3.8) is 0 Å². The number of rotatable bonds is 4. The molecule has 29 heavy (non-hydrogen) atoms. The Bertz CT molecular complexity index is 812. The van der Waals surface area contributed by atoms with Crippen LogP contribution in [0, 0.1) is 34.5 Å². The molecule has 3 saturated carbocycles. The summed E-state index contributed by atoms with van der Waals surface area (Å²) in [7, 11) is 2.77. The summed E-state index contributed by atoms with van der Waals surface area (Å²) in [6.45, 7) is 0. The summed E-state index contributed by atoms with van der Waals surface area (Å²) in [5.41, 5.74) is 0.261. The van der Waals surface area contributed by atoms with Crippen LogP contribution in [0.15, 0.2) is 42.5 Å². The van der Waals surface area contributed by atoms with E-state index in [0.29, 0.717) is 30.6 Å². The van der Waals surface area contributed by atoms with Crippen LogP contribution < -0.4 is 0 Å². The van der Waals surface area contributed by atoms with Gasteiger partial charge in [-0.25, -0.2) is 0 Å². The van der Waals surface area contributed by atoms with E-state index in [-0.39, 0.29) is 5.41 Å². The van der Waals surface area contributed by atoms with Gasteiger partial charge in [0.1, 0.15) is 0 Å². The smallest absolute Gasteiger partial charge is 0.323 e. The first-order valence-corrected chi connectivity index (χ1v) is 11.0. The number of esters is 2. The summed E-state index contributed by atoms with van der Waals surface area (Å²) < 4.78 is 10.2. The first-order chi connectivity index (χ1) is 14.1. The first kappa shape index (κ1) is 18.9. The number of hydrogen-bond donors (Lipinski definition) is 0. The van der Waals surface area contributed by atoms with Crippen molar-refractivity contribution in [1.82, 2.24) is 0 Å². The number of hydrogen-bond acceptors (Lipinski definition) is 4. The largest absolute Gasteiger partial charge is 0.468 e. The normalized spacial score (nSPS) is 39.9. The Labute approximate surface area is 172 Å². The Kier molecular flexibility index (Phi) is 4.38. The number of benzene rings is 1. The molecule has 0 heterocycles. The highest BCUT2D eigenvalue weighted by Crippen LogP contribution is 2.86. The average molecular weight is 395 g/mol. The molecule has 0 amide bonds. The highest BCUT2D eigenvalue weighted by Gasteiger charge is 2.83. The molecule has 4 aliphatic carbocycles. The van der Waals surface area contributed by atoms with Crippen LogP contribution in [0.3, 0.4) is 0 Å². The minimum Gasteiger partial charge on any atom is -0.468 e. The lowest BCUT2D eigenvalue weighted by molar-refractivity contribution is -0.170. The summed E-state index contributed by atoms with van der Waals surface area (Å²) >= 11 is 0. The van der Waals surface area contributed by atoms with Crippen molar-refractivity contribution >= 4 is 11.9 Å². The number of allylic oxidation sites excluding steroid dienone is 2. The quantitative estimate of drug-likeness (QED) is 0.428. The van der Waals surface area contributed by atoms with Gasteiger partial charge in [0.25, 0.3) is 0 Å². The molecule has 0 bridgehead atoms. The molecule has 0 aromatic heterocycles. The van der Waals surface area contributed by atoms with Gasteiger partial charge in [0.15, 0.2) is 5.41 Å². The van der Waals surface area contributed by atoms with Crippen molar-refractivity contribution in [3.8, 4) is 0 Å². The molecule has 5 rings (SSSR count). The van der Waals surface area contributed by atoms with Crippen LogP contribution in [0.5, 0.6) is 0 Å². The van der Waals surface area contributed by atoms with Gasteiger partial charge in [-0.15, -0.1) is 0 Å². The number of carbonyl (C=O) groups is 2. The second-order valence-electron chi connectivity index (χ2n) is 9.53. The first-order valence-electron chi connectivity index (χ1n) is 11.0. The van der Waals surface area contributed by atoms with Crippen LogP contribution in [0.1, 0.15) is 50.0 Å². The van der Waals surface area contributed by atoms with Gasteiger partial charge < -0.3 is 9.47 Å². The molecule has 4 aliphatic rings. The Morgan fingerprint density at radius 3 is 2.07 bits per heavy atom. The van der Waals surface area contributed by atoms with E-state index in [4.69, 9.17) is 9.47 Å². The van der Waals surface area contributed by atoms with Crippen LogP contribution in [0.25, 0.3) is 0 Å². The predicted molar refractivity (Wildman–Crippen MR) is 109 cm³/mol. The third-order valence-corrected chi connectivity index (χ3v) is 8.50. The van der Waals surface area contributed by atoms with Crippen molar-refractivity contribution in [2.75, 3.05) is 14.2 Å². The minimum atomic E-state index is -1.13. The van der Waals surface area contributed by atoms with E-state index < -0.39 is 17.4 Å². The average Bonchev–Trinajstić information content (AvgIpc) is 3.55. The predicted octanol–water partition coefficient (Wildman–Crippen LogP) is 4.51. The molecule has 1 aromatic rings. The molecule has 0 saturated heterocycles. The van der Waals surface area contributed by atoms with Gasteiger partial charge in [0.2, 0.25) is 0 Å². The molecule has 4 heteroatoms. The van der Waals surface area contributed by atoms with Gasteiger partial charge in [-0.2, -0.15) is 0 Å². The summed E-state index contributed by atoms with van der Waals surface area (Å²) in [6, 6.07) is 10.7. The van der Waals surface area contributed by atoms with Crippen molar-refractivity contribution in [2.45, 2.75) is 44.4 Å². The fourth-order valence-corrected chi connectivity index (χ4v) is 7.46. The molecule has 3 fully saturated rings. The minimum absolute atomic E-state index is 0.0312. The summed E-state index contributed by atoms with van der Waals surface area (Å²) in [4.78, 5) is 25.6. The van der Waals surface area contributed by atoms with Gasteiger partial charge in [-0.3, -0.25) is 9.59 Å². The van der Waals surface area contributed by atoms with Crippen LogP contribution in [0.4, 0.5) is 0 Å². The van der Waals surface area contributed by atoms with Gasteiger partial charge in [0.05, 0.1) is 14.2 Å². The topological polar surface area (TPSA) is 52.6 Å². The zero-order valence-corrected chi connectivity index (χ0v) is 17.3. The standard InChI is InChI=1S/C25H30O4/c1-28-22(26)24(23(27)29-2)14-19-20(16-10-6-5-7-11-16)25(19,15-24)21-17-12-8-3-4-9-13-18(17)21/h3-7,10-11,17-21H,8-9,12-15H2,1-2H3/b4-3-/t17-,18+,19-,20-,21?,25+/m0/s1. The number of ether oxygens (including phenoxy) is 2. The van der Waals surface area contributed by atoms with Crippen LogP contribution in [-0.4, -0.2) is 26.2 Å². The van der Waals surface area contributed by atoms with Gasteiger partial charge in [-0.05, 0) is 79.1 Å². The number of carbonyl (C=O) groups excluding carboxylic acids is 2. The van der Waals surface area contributed by atoms with E-state index in [1.807, 2.05) is 0 Å². The van der Waals surface area contributed by atoms with Crippen molar-refractivity contribution in [3.05, 3.63) is 48.0 Å². The number of fused-ring (bicyclic) bond motifs is 2. The Morgan fingerprint density at radius 2 is 1.52 bits per heavy atom. The summed E-state index contributed by atoms with van der Waals surface area (Å²) in [6.07, 6.45) is 10.5. The van der Waals surface area contributed by atoms with Gasteiger partial charge in [0, 0.05) is 0 Å². The monoisotopic (exact) mass is 394 g/mol. The molecular formula is C25H30O4. The molecule has 0 N–H and O–H groups in total. The van der Waals surface area contributed by atoms with E-state index in [1.54, 1.807) is 0 Å². The number of methoxy groups -OCH3 is 2. The maximum Gasteiger partial charge on any atom is 0.323 e. The van der Waals surface area contributed by atoms with Crippen LogP contribution >= 0.6 is 0 Å². The molecule has 154 valence electrons. The zero-order valence-electron chi connectivity index (χ0n) is 17.3. The Morgan fingerprint density at radius 1 is 0.931 bits per heavy atom. The van der Waals surface area contributed by atoms with Crippen LogP contribution in [0.2, 0.25) is 0 Å². The SMILES string of the molecule is COC(=O)C1(C(=O)OC)C[C@H]2[C@H](c3ccccc3)[C@@]2(C2[C@H]3CC/C=C\CC[C@@H]23)C1. The lowest BCUT2D eigenvalue weighted by Gasteiger charge is -2.29. The molecular weight excluding hydrogens is 364 g/mol. The lowest BCUT2D eigenvalue weighted by Crippen LogP contribution is -2.41. The third kappa shape index (κ3) is 2.57.